The topological polar surface area (TPSA) is 20.3 Å². The number of hydrogen-bond donors (Lipinski definition) is 0. The second-order valence-electron chi connectivity index (χ2n) is 5.02. The second-order valence-corrected chi connectivity index (χ2v) is 6.00. The van der Waals surface area contributed by atoms with E-state index in [4.69, 9.17) is 0 Å². The molecule has 88 valence electrons. The number of carbonyl (C=O) groups is 1. The fraction of sp³-hybridized carbons (Fsp3) is 0.917. The van der Waals surface area contributed by atoms with Crippen molar-refractivity contribution in [1.82, 2.24) is 4.90 Å². The third-order valence-electron chi connectivity index (χ3n) is 3.20. The highest BCUT2D eigenvalue weighted by atomic mass is 79.9. The van der Waals surface area contributed by atoms with Crippen LogP contribution in [-0.2, 0) is 4.79 Å². The Kier molecular flexibility index (Phi) is 5.10. The minimum absolute atomic E-state index is 0.0242. The van der Waals surface area contributed by atoms with Crippen molar-refractivity contribution in [2.45, 2.75) is 44.4 Å². The third-order valence-corrected chi connectivity index (χ3v) is 4.65. The van der Waals surface area contributed by atoms with Crippen molar-refractivity contribution in [3.05, 3.63) is 0 Å². The van der Waals surface area contributed by atoms with Crippen LogP contribution in [0.3, 0.4) is 0 Å². The summed E-state index contributed by atoms with van der Waals surface area (Å²) in [6.07, 6.45) is 5.28. The van der Waals surface area contributed by atoms with Gasteiger partial charge in [0.1, 0.15) is 0 Å². The van der Waals surface area contributed by atoms with E-state index in [1.165, 1.54) is 25.7 Å². The molecule has 0 spiro atoms. The van der Waals surface area contributed by atoms with Crippen LogP contribution in [0.2, 0.25) is 0 Å². The lowest BCUT2D eigenvalue weighted by atomic mass is 10.1. The maximum atomic E-state index is 12.0. The molecule has 3 heteroatoms. The van der Waals surface area contributed by atoms with E-state index in [9.17, 15) is 4.79 Å². The van der Waals surface area contributed by atoms with Crippen LogP contribution in [-0.4, -0.2) is 29.2 Å². The van der Waals surface area contributed by atoms with E-state index in [0.29, 0.717) is 5.92 Å². The molecule has 1 aliphatic carbocycles. The van der Waals surface area contributed by atoms with Gasteiger partial charge in [0.2, 0.25) is 5.91 Å². The Morgan fingerprint density at radius 2 is 1.93 bits per heavy atom. The van der Waals surface area contributed by atoms with E-state index in [1.54, 1.807) is 0 Å². The van der Waals surface area contributed by atoms with E-state index in [-0.39, 0.29) is 10.7 Å². The third kappa shape index (κ3) is 3.78. The van der Waals surface area contributed by atoms with E-state index in [2.05, 4.69) is 29.8 Å². The first kappa shape index (κ1) is 13.0. The summed E-state index contributed by atoms with van der Waals surface area (Å²) in [7, 11) is 1.93. The first-order chi connectivity index (χ1) is 7.02. The molecule has 0 heterocycles. The molecule has 0 aliphatic heterocycles. The van der Waals surface area contributed by atoms with Gasteiger partial charge in [0.15, 0.2) is 0 Å². The molecule has 1 saturated carbocycles. The Labute approximate surface area is 102 Å². The van der Waals surface area contributed by atoms with Gasteiger partial charge >= 0.3 is 0 Å². The van der Waals surface area contributed by atoms with Crippen molar-refractivity contribution in [2.75, 3.05) is 13.6 Å². The van der Waals surface area contributed by atoms with Crippen molar-refractivity contribution < 1.29 is 4.79 Å². The van der Waals surface area contributed by atoms with Crippen LogP contribution in [0.4, 0.5) is 0 Å². The smallest absolute Gasteiger partial charge is 0.236 e. The standard InChI is InChI=1S/C12H22BrNO/c1-9(2)11(13)12(15)14(3)8-10-6-4-5-7-10/h9-11H,4-8H2,1-3H3. The molecule has 0 radical (unpaired) electrons. The van der Waals surface area contributed by atoms with Crippen molar-refractivity contribution in [1.29, 1.82) is 0 Å². The Morgan fingerprint density at radius 1 is 1.40 bits per heavy atom. The Bertz CT molecular complexity index is 212. The molecule has 1 amide bonds. The normalized spacial score (nSPS) is 19.5. The van der Waals surface area contributed by atoms with Crippen LogP contribution in [0.25, 0.3) is 0 Å². The SMILES string of the molecule is CC(C)C(Br)C(=O)N(C)CC1CCCC1. The molecular weight excluding hydrogens is 254 g/mol. The summed E-state index contributed by atoms with van der Waals surface area (Å²) >= 11 is 3.47. The average Bonchev–Trinajstić information content (AvgIpc) is 2.67. The van der Waals surface area contributed by atoms with Crippen LogP contribution < -0.4 is 0 Å². The molecule has 1 aliphatic rings. The Hall–Kier alpha value is -0.0500. The number of hydrogen-bond acceptors (Lipinski definition) is 1. The zero-order valence-corrected chi connectivity index (χ0v) is 11.6. The van der Waals surface area contributed by atoms with Crippen molar-refractivity contribution >= 4 is 21.8 Å². The summed E-state index contributed by atoms with van der Waals surface area (Å²) in [6, 6.07) is 0. The summed E-state index contributed by atoms with van der Waals surface area (Å²) in [5.41, 5.74) is 0. The average molecular weight is 276 g/mol. The minimum Gasteiger partial charge on any atom is -0.345 e. The van der Waals surface area contributed by atoms with E-state index in [0.717, 1.165) is 12.5 Å². The molecule has 0 aromatic rings. The number of rotatable bonds is 4. The molecule has 1 fully saturated rings. The lowest BCUT2D eigenvalue weighted by Crippen LogP contribution is -2.38. The summed E-state index contributed by atoms with van der Waals surface area (Å²) in [6.45, 7) is 5.08. The molecule has 0 N–H and O–H groups in total. The highest BCUT2D eigenvalue weighted by molar-refractivity contribution is 9.10. The summed E-state index contributed by atoms with van der Waals surface area (Å²) in [5, 5.41) is 0. The van der Waals surface area contributed by atoms with Gasteiger partial charge in [0.05, 0.1) is 4.83 Å². The quantitative estimate of drug-likeness (QED) is 0.723. The van der Waals surface area contributed by atoms with E-state index < -0.39 is 0 Å². The zero-order chi connectivity index (χ0) is 11.4. The molecule has 0 aromatic carbocycles. The van der Waals surface area contributed by atoms with Crippen LogP contribution in [0.1, 0.15) is 39.5 Å². The van der Waals surface area contributed by atoms with Crippen LogP contribution in [0, 0.1) is 11.8 Å². The Balaban J connectivity index is 2.38. The number of carbonyl (C=O) groups excluding carboxylic acids is 1. The van der Waals surface area contributed by atoms with Gasteiger partial charge in [-0.1, -0.05) is 42.6 Å². The predicted octanol–water partition coefficient (Wildman–Crippen LogP) is 3.05. The molecule has 15 heavy (non-hydrogen) atoms. The summed E-state index contributed by atoms with van der Waals surface area (Å²) < 4.78 is 0. The second kappa shape index (κ2) is 5.88. The molecule has 0 bridgehead atoms. The molecule has 2 nitrogen and oxygen atoms in total. The van der Waals surface area contributed by atoms with Gasteiger partial charge < -0.3 is 4.90 Å². The fourth-order valence-corrected chi connectivity index (χ4v) is 2.52. The largest absolute Gasteiger partial charge is 0.345 e. The van der Waals surface area contributed by atoms with Crippen LogP contribution >= 0.6 is 15.9 Å². The monoisotopic (exact) mass is 275 g/mol. The maximum absolute atomic E-state index is 12.0. The van der Waals surface area contributed by atoms with Gasteiger partial charge in [-0.3, -0.25) is 4.79 Å². The first-order valence-electron chi connectivity index (χ1n) is 5.91. The zero-order valence-electron chi connectivity index (χ0n) is 10.0. The molecule has 0 aromatic heterocycles. The molecule has 1 unspecified atom stereocenters. The molecule has 0 saturated heterocycles. The molecule has 1 rings (SSSR count). The van der Waals surface area contributed by atoms with Crippen molar-refractivity contribution in [3.63, 3.8) is 0 Å². The summed E-state index contributed by atoms with van der Waals surface area (Å²) in [5.74, 6) is 1.34. The summed E-state index contributed by atoms with van der Waals surface area (Å²) in [4.78, 5) is 13.8. The van der Waals surface area contributed by atoms with Gasteiger partial charge in [0, 0.05) is 13.6 Å². The van der Waals surface area contributed by atoms with Crippen molar-refractivity contribution in [3.8, 4) is 0 Å². The number of amides is 1. The lowest BCUT2D eigenvalue weighted by molar-refractivity contribution is -0.130. The lowest BCUT2D eigenvalue weighted by Gasteiger charge is -2.25. The maximum Gasteiger partial charge on any atom is 0.236 e. The van der Waals surface area contributed by atoms with Crippen LogP contribution in [0.15, 0.2) is 0 Å². The Morgan fingerprint density at radius 3 is 2.40 bits per heavy atom. The van der Waals surface area contributed by atoms with Crippen molar-refractivity contribution in [2.24, 2.45) is 11.8 Å². The molecule has 1 atom stereocenters. The van der Waals surface area contributed by atoms with Gasteiger partial charge in [-0.2, -0.15) is 0 Å². The van der Waals surface area contributed by atoms with Gasteiger partial charge in [0.25, 0.3) is 0 Å². The van der Waals surface area contributed by atoms with Gasteiger partial charge in [-0.15, -0.1) is 0 Å². The predicted molar refractivity (Wildman–Crippen MR) is 67.1 cm³/mol. The number of alkyl halides is 1. The fourth-order valence-electron chi connectivity index (χ4n) is 2.17. The van der Waals surface area contributed by atoms with E-state index >= 15 is 0 Å². The number of halogens is 1. The molecular formula is C12H22BrNO. The first-order valence-corrected chi connectivity index (χ1v) is 6.83. The van der Waals surface area contributed by atoms with Gasteiger partial charge in [-0.25, -0.2) is 0 Å². The van der Waals surface area contributed by atoms with E-state index in [1.807, 2.05) is 11.9 Å². The van der Waals surface area contributed by atoms with Gasteiger partial charge in [-0.05, 0) is 24.7 Å². The van der Waals surface area contributed by atoms with Crippen LogP contribution in [0.5, 0.6) is 0 Å². The number of nitrogens with zero attached hydrogens (tertiary/aromatic N) is 1. The highest BCUT2D eigenvalue weighted by Crippen LogP contribution is 2.26. The highest BCUT2D eigenvalue weighted by Gasteiger charge is 2.25. The minimum atomic E-state index is -0.0242.